The van der Waals surface area contributed by atoms with Crippen LogP contribution in [0.5, 0.6) is 5.75 Å². The number of aromatic nitrogens is 3. The number of benzene rings is 2. The maximum atomic E-state index is 12.7. The first kappa shape index (κ1) is 19.9. The summed E-state index contributed by atoms with van der Waals surface area (Å²) in [5.41, 5.74) is 3.83. The third kappa shape index (κ3) is 4.13. The van der Waals surface area contributed by atoms with Gasteiger partial charge in [-0.1, -0.05) is 37.6 Å². The van der Waals surface area contributed by atoms with E-state index in [-0.39, 0.29) is 12.3 Å². The van der Waals surface area contributed by atoms with Crippen LogP contribution in [0.25, 0.3) is 21.9 Å². The molecule has 0 aliphatic rings. The number of hydrogen-bond acceptors (Lipinski definition) is 4. The number of unbranched alkanes of at least 4 members (excludes halogenated alkanes) is 1. The zero-order valence-electron chi connectivity index (χ0n) is 17.6. The number of hydrogen-bond donors (Lipinski definition) is 1. The van der Waals surface area contributed by atoms with Crippen molar-refractivity contribution in [1.29, 1.82) is 0 Å². The summed E-state index contributed by atoms with van der Waals surface area (Å²) in [5, 5.41) is 9.58. The van der Waals surface area contributed by atoms with Gasteiger partial charge in [0.25, 0.3) is 0 Å². The van der Waals surface area contributed by atoms with E-state index in [1.54, 1.807) is 7.11 Å². The van der Waals surface area contributed by atoms with Crippen molar-refractivity contribution in [3.8, 4) is 5.75 Å². The molecule has 0 aliphatic heterocycles. The SMILES string of the molecule is CCCCn1nc(NC(=O)Cc2ccc(OC)cc2)c2cc3ccc(C)cc3nc21. The summed E-state index contributed by atoms with van der Waals surface area (Å²) < 4.78 is 7.08. The maximum absolute atomic E-state index is 12.7. The van der Waals surface area contributed by atoms with E-state index in [0.717, 1.165) is 52.6 Å². The quantitative estimate of drug-likeness (QED) is 0.478. The van der Waals surface area contributed by atoms with Gasteiger partial charge in [0, 0.05) is 11.9 Å². The van der Waals surface area contributed by atoms with Crippen LogP contribution in [0.3, 0.4) is 0 Å². The Morgan fingerprint density at radius 3 is 2.67 bits per heavy atom. The third-order valence-corrected chi connectivity index (χ3v) is 5.18. The van der Waals surface area contributed by atoms with E-state index in [0.29, 0.717) is 5.82 Å². The molecule has 0 spiro atoms. The summed E-state index contributed by atoms with van der Waals surface area (Å²) in [6.07, 6.45) is 2.34. The van der Waals surface area contributed by atoms with E-state index in [4.69, 9.17) is 9.72 Å². The molecule has 1 N–H and O–H groups in total. The van der Waals surface area contributed by atoms with Gasteiger partial charge in [0.1, 0.15) is 5.75 Å². The highest BCUT2D eigenvalue weighted by molar-refractivity contribution is 6.03. The van der Waals surface area contributed by atoms with Gasteiger partial charge in [-0.2, -0.15) is 5.10 Å². The molecule has 6 heteroatoms. The molecular formula is C24H26N4O2. The van der Waals surface area contributed by atoms with Crippen LogP contribution in [0.4, 0.5) is 5.82 Å². The second-order valence-corrected chi connectivity index (χ2v) is 7.55. The first-order valence-corrected chi connectivity index (χ1v) is 10.3. The number of nitrogens with one attached hydrogen (secondary N) is 1. The Bertz CT molecular complexity index is 1200. The Kier molecular flexibility index (Phi) is 5.65. The van der Waals surface area contributed by atoms with Gasteiger partial charge in [0.2, 0.25) is 5.91 Å². The average molecular weight is 402 g/mol. The summed E-state index contributed by atoms with van der Waals surface area (Å²) >= 11 is 0. The Morgan fingerprint density at radius 2 is 1.93 bits per heavy atom. The number of methoxy groups -OCH3 is 1. The topological polar surface area (TPSA) is 69.0 Å². The number of pyridine rings is 1. The molecule has 0 atom stereocenters. The number of anilines is 1. The van der Waals surface area contributed by atoms with Crippen LogP contribution in [0.1, 0.15) is 30.9 Å². The van der Waals surface area contributed by atoms with E-state index < -0.39 is 0 Å². The molecule has 2 aromatic heterocycles. The van der Waals surface area contributed by atoms with E-state index in [1.165, 1.54) is 5.56 Å². The van der Waals surface area contributed by atoms with E-state index in [1.807, 2.05) is 28.9 Å². The van der Waals surface area contributed by atoms with Gasteiger partial charge in [-0.25, -0.2) is 9.67 Å². The summed E-state index contributed by atoms with van der Waals surface area (Å²) in [6.45, 7) is 4.98. The number of amides is 1. The van der Waals surface area contributed by atoms with Crippen LogP contribution in [-0.2, 0) is 17.8 Å². The van der Waals surface area contributed by atoms with Gasteiger partial charge in [0.05, 0.1) is 24.4 Å². The monoisotopic (exact) mass is 402 g/mol. The molecule has 0 radical (unpaired) electrons. The van der Waals surface area contributed by atoms with Crippen molar-refractivity contribution >= 4 is 33.7 Å². The Balaban J connectivity index is 1.66. The summed E-state index contributed by atoms with van der Waals surface area (Å²) in [4.78, 5) is 17.6. The summed E-state index contributed by atoms with van der Waals surface area (Å²) in [5.74, 6) is 1.23. The number of rotatable bonds is 7. The molecule has 0 aliphatic carbocycles. The Hall–Kier alpha value is -3.41. The van der Waals surface area contributed by atoms with Crippen LogP contribution in [0.15, 0.2) is 48.5 Å². The molecule has 6 nitrogen and oxygen atoms in total. The number of carbonyl (C=O) groups is 1. The minimum absolute atomic E-state index is 0.105. The lowest BCUT2D eigenvalue weighted by atomic mass is 10.1. The second-order valence-electron chi connectivity index (χ2n) is 7.55. The first-order chi connectivity index (χ1) is 14.6. The minimum Gasteiger partial charge on any atom is -0.497 e. The normalized spacial score (nSPS) is 11.2. The molecule has 0 saturated carbocycles. The first-order valence-electron chi connectivity index (χ1n) is 10.3. The maximum Gasteiger partial charge on any atom is 0.230 e. The fourth-order valence-electron chi connectivity index (χ4n) is 3.52. The largest absolute Gasteiger partial charge is 0.497 e. The average Bonchev–Trinajstić information content (AvgIpc) is 3.07. The molecular weight excluding hydrogens is 376 g/mol. The molecule has 30 heavy (non-hydrogen) atoms. The van der Waals surface area contributed by atoms with Crippen molar-refractivity contribution < 1.29 is 9.53 Å². The third-order valence-electron chi connectivity index (χ3n) is 5.18. The zero-order chi connectivity index (χ0) is 21.1. The molecule has 4 aromatic rings. The van der Waals surface area contributed by atoms with Gasteiger partial charge < -0.3 is 10.1 Å². The fraction of sp³-hybridized carbons (Fsp3) is 0.292. The van der Waals surface area contributed by atoms with Crippen LogP contribution in [0.2, 0.25) is 0 Å². The molecule has 154 valence electrons. The van der Waals surface area contributed by atoms with Gasteiger partial charge >= 0.3 is 0 Å². The van der Waals surface area contributed by atoms with Gasteiger partial charge in [-0.15, -0.1) is 0 Å². The van der Waals surface area contributed by atoms with Crippen molar-refractivity contribution in [1.82, 2.24) is 14.8 Å². The highest BCUT2D eigenvalue weighted by atomic mass is 16.5. The van der Waals surface area contributed by atoms with Crippen molar-refractivity contribution in [2.75, 3.05) is 12.4 Å². The lowest BCUT2D eigenvalue weighted by Gasteiger charge is -2.05. The number of fused-ring (bicyclic) bond motifs is 2. The van der Waals surface area contributed by atoms with Gasteiger partial charge in [-0.05, 0) is 48.7 Å². The molecule has 0 unspecified atom stereocenters. The second kappa shape index (κ2) is 8.53. The zero-order valence-corrected chi connectivity index (χ0v) is 17.6. The molecule has 2 aromatic carbocycles. The van der Waals surface area contributed by atoms with Gasteiger partial charge in [0.15, 0.2) is 11.5 Å². The smallest absolute Gasteiger partial charge is 0.230 e. The fourth-order valence-corrected chi connectivity index (χ4v) is 3.52. The van der Waals surface area contributed by atoms with E-state index >= 15 is 0 Å². The predicted octanol–water partition coefficient (Wildman–Crippen LogP) is 4.88. The van der Waals surface area contributed by atoms with Crippen molar-refractivity contribution in [3.05, 3.63) is 59.7 Å². The van der Waals surface area contributed by atoms with Gasteiger partial charge in [-0.3, -0.25) is 4.79 Å². The van der Waals surface area contributed by atoms with Crippen LogP contribution >= 0.6 is 0 Å². The molecule has 4 rings (SSSR count). The highest BCUT2D eigenvalue weighted by Gasteiger charge is 2.16. The number of aryl methyl sites for hydroxylation is 2. The van der Waals surface area contributed by atoms with Crippen molar-refractivity contribution in [2.24, 2.45) is 0 Å². The van der Waals surface area contributed by atoms with Crippen molar-refractivity contribution in [3.63, 3.8) is 0 Å². The van der Waals surface area contributed by atoms with E-state index in [9.17, 15) is 4.79 Å². The predicted molar refractivity (Wildman–Crippen MR) is 120 cm³/mol. The van der Waals surface area contributed by atoms with Crippen LogP contribution in [0, 0.1) is 6.92 Å². The molecule has 0 fully saturated rings. The number of nitrogens with zero attached hydrogens (tertiary/aromatic N) is 3. The minimum atomic E-state index is -0.105. The Labute approximate surface area is 175 Å². The number of ether oxygens (including phenoxy) is 1. The molecule has 2 heterocycles. The molecule has 0 bridgehead atoms. The van der Waals surface area contributed by atoms with Crippen molar-refractivity contribution in [2.45, 2.75) is 39.7 Å². The molecule has 0 saturated heterocycles. The summed E-state index contributed by atoms with van der Waals surface area (Å²) in [7, 11) is 1.63. The highest BCUT2D eigenvalue weighted by Crippen LogP contribution is 2.27. The van der Waals surface area contributed by atoms with Crippen LogP contribution in [-0.4, -0.2) is 27.8 Å². The number of carbonyl (C=O) groups excluding carboxylic acids is 1. The lowest BCUT2D eigenvalue weighted by Crippen LogP contribution is -2.15. The Morgan fingerprint density at radius 1 is 1.13 bits per heavy atom. The summed E-state index contributed by atoms with van der Waals surface area (Å²) in [6, 6.07) is 15.8. The standard InChI is InChI=1S/C24H26N4O2/c1-4-5-12-28-24-20(15-18-9-6-16(2)13-21(18)25-24)23(27-28)26-22(29)14-17-7-10-19(30-3)11-8-17/h6-11,13,15H,4-5,12,14H2,1-3H3,(H,26,27,29). The molecule has 1 amide bonds. The van der Waals surface area contributed by atoms with Crippen LogP contribution < -0.4 is 10.1 Å². The van der Waals surface area contributed by atoms with E-state index in [2.05, 4.69) is 48.5 Å². The lowest BCUT2D eigenvalue weighted by molar-refractivity contribution is -0.115.